The van der Waals surface area contributed by atoms with Gasteiger partial charge in [-0.25, -0.2) is 4.98 Å². The Labute approximate surface area is 162 Å². The fourth-order valence-electron chi connectivity index (χ4n) is 2.18. The normalized spacial score (nSPS) is 11.0. The molecule has 0 amide bonds. The molecule has 0 aliphatic carbocycles. The van der Waals surface area contributed by atoms with Crippen molar-refractivity contribution in [1.29, 1.82) is 0 Å². The van der Waals surface area contributed by atoms with E-state index in [1.54, 1.807) is 14.0 Å². The van der Waals surface area contributed by atoms with Crippen molar-refractivity contribution < 1.29 is 8.94 Å². The van der Waals surface area contributed by atoms with Gasteiger partial charge in [-0.3, -0.25) is 4.99 Å². The fourth-order valence-corrected chi connectivity index (χ4v) is 2.18. The Balaban J connectivity index is 0.00000225. The van der Waals surface area contributed by atoms with E-state index < -0.39 is 0 Å². The molecule has 9 heteroatoms. The first-order valence-electron chi connectivity index (χ1n) is 7.47. The average molecular weight is 454 g/mol. The lowest BCUT2D eigenvalue weighted by molar-refractivity contribution is 0.371. The monoisotopic (exact) mass is 454 g/mol. The molecule has 0 aliphatic heterocycles. The van der Waals surface area contributed by atoms with Crippen molar-refractivity contribution in [2.45, 2.75) is 20.0 Å². The van der Waals surface area contributed by atoms with Crippen LogP contribution >= 0.6 is 24.0 Å². The van der Waals surface area contributed by atoms with Gasteiger partial charge in [0.25, 0.3) is 0 Å². The number of benzene rings is 1. The average Bonchev–Trinajstić information content (AvgIpc) is 3.25. The van der Waals surface area contributed by atoms with E-state index >= 15 is 0 Å². The van der Waals surface area contributed by atoms with Crippen LogP contribution in [-0.2, 0) is 13.1 Å². The van der Waals surface area contributed by atoms with Crippen LogP contribution in [0.15, 0.2) is 50.7 Å². The maximum atomic E-state index is 5.50. The molecule has 2 aromatic heterocycles. The largest absolute Gasteiger partial charge is 0.443 e. The summed E-state index contributed by atoms with van der Waals surface area (Å²) in [5, 5.41) is 10.0. The lowest BCUT2D eigenvalue weighted by Crippen LogP contribution is -2.36. The summed E-state index contributed by atoms with van der Waals surface area (Å²) in [4.78, 5) is 12.6. The Morgan fingerprint density at radius 2 is 1.92 bits per heavy atom. The summed E-state index contributed by atoms with van der Waals surface area (Å²) in [6.45, 7) is 2.64. The second kappa shape index (κ2) is 9.16. The van der Waals surface area contributed by atoms with Gasteiger partial charge in [0.1, 0.15) is 5.69 Å². The molecular weight excluding hydrogens is 435 g/mol. The fraction of sp³-hybridized carbons (Fsp3) is 0.250. The highest BCUT2D eigenvalue weighted by atomic mass is 127. The van der Waals surface area contributed by atoms with Gasteiger partial charge in [0.05, 0.1) is 13.1 Å². The molecule has 0 bridgehead atoms. The van der Waals surface area contributed by atoms with Gasteiger partial charge in [0.15, 0.2) is 23.9 Å². The molecule has 0 spiro atoms. The van der Waals surface area contributed by atoms with Gasteiger partial charge in [-0.15, -0.1) is 24.0 Å². The van der Waals surface area contributed by atoms with Gasteiger partial charge >= 0.3 is 0 Å². The maximum Gasteiger partial charge on any atom is 0.246 e. The molecule has 0 aliphatic rings. The minimum Gasteiger partial charge on any atom is -0.443 e. The van der Waals surface area contributed by atoms with Crippen LogP contribution in [0.3, 0.4) is 0 Å². The van der Waals surface area contributed by atoms with Gasteiger partial charge < -0.3 is 19.6 Å². The van der Waals surface area contributed by atoms with Crippen molar-refractivity contribution in [3.63, 3.8) is 0 Å². The van der Waals surface area contributed by atoms with Gasteiger partial charge in [0.2, 0.25) is 5.89 Å². The zero-order valence-electron chi connectivity index (χ0n) is 13.9. The van der Waals surface area contributed by atoms with Crippen molar-refractivity contribution in [2.75, 3.05) is 7.05 Å². The maximum absolute atomic E-state index is 5.50. The van der Waals surface area contributed by atoms with Crippen molar-refractivity contribution >= 4 is 29.9 Å². The number of hydrogen-bond acceptors (Lipinski definition) is 6. The molecule has 0 fully saturated rings. The SMILES string of the molecule is CN=C(NCc1nc(C)no1)NCc1ncoc1-c1ccccc1.I. The number of rotatable bonds is 5. The Hall–Kier alpha value is -2.43. The third-order valence-corrected chi connectivity index (χ3v) is 3.30. The van der Waals surface area contributed by atoms with Crippen LogP contribution in [0.5, 0.6) is 0 Å². The summed E-state index contributed by atoms with van der Waals surface area (Å²) in [7, 11) is 1.69. The molecule has 132 valence electrons. The van der Waals surface area contributed by atoms with Gasteiger partial charge in [-0.2, -0.15) is 4.98 Å². The second-order valence-electron chi connectivity index (χ2n) is 5.01. The zero-order chi connectivity index (χ0) is 16.8. The number of nitrogens with zero attached hydrogens (tertiary/aromatic N) is 4. The molecule has 2 N–H and O–H groups in total. The Morgan fingerprint density at radius 3 is 2.60 bits per heavy atom. The molecular formula is C16H19IN6O2. The number of aryl methyl sites for hydroxylation is 1. The second-order valence-corrected chi connectivity index (χ2v) is 5.01. The highest BCUT2D eigenvalue weighted by molar-refractivity contribution is 14.0. The van der Waals surface area contributed by atoms with E-state index in [4.69, 9.17) is 8.94 Å². The van der Waals surface area contributed by atoms with E-state index in [1.807, 2.05) is 30.3 Å². The quantitative estimate of drug-likeness (QED) is 0.347. The predicted molar refractivity (Wildman–Crippen MR) is 103 cm³/mol. The summed E-state index contributed by atoms with van der Waals surface area (Å²) in [5.74, 6) is 2.45. The standard InChI is InChI=1S/C16H18N6O2.HI/c1-11-21-14(24-22-11)9-19-16(17-2)18-8-13-15(23-10-20-13)12-6-4-3-5-7-12;/h3-7,10H,8-9H2,1-2H3,(H2,17,18,19);1H. The van der Waals surface area contributed by atoms with Crippen LogP contribution in [0.2, 0.25) is 0 Å². The number of halogens is 1. The minimum atomic E-state index is 0. The molecule has 0 saturated heterocycles. The summed E-state index contributed by atoms with van der Waals surface area (Å²) < 4.78 is 10.6. The first kappa shape index (κ1) is 18.9. The topological polar surface area (TPSA) is 101 Å². The van der Waals surface area contributed by atoms with E-state index in [-0.39, 0.29) is 24.0 Å². The summed E-state index contributed by atoms with van der Waals surface area (Å²) in [6.07, 6.45) is 1.44. The number of nitrogens with one attached hydrogen (secondary N) is 2. The van der Waals surface area contributed by atoms with E-state index in [0.717, 1.165) is 17.0 Å². The smallest absolute Gasteiger partial charge is 0.246 e. The molecule has 2 heterocycles. The third-order valence-electron chi connectivity index (χ3n) is 3.30. The number of guanidine groups is 1. The van der Waals surface area contributed by atoms with E-state index in [9.17, 15) is 0 Å². The number of hydrogen-bond donors (Lipinski definition) is 2. The summed E-state index contributed by atoms with van der Waals surface area (Å²) >= 11 is 0. The molecule has 3 aromatic rings. The van der Waals surface area contributed by atoms with Crippen LogP contribution in [0.4, 0.5) is 0 Å². The molecule has 0 radical (unpaired) electrons. The Morgan fingerprint density at radius 1 is 1.16 bits per heavy atom. The summed E-state index contributed by atoms with van der Waals surface area (Å²) in [6, 6.07) is 9.84. The first-order chi connectivity index (χ1) is 11.8. The highest BCUT2D eigenvalue weighted by Crippen LogP contribution is 2.22. The zero-order valence-corrected chi connectivity index (χ0v) is 16.2. The lowest BCUT2D eigenvalue weighted by atomic mass is 10.1. The van der Waals surface area contributed by atoms with Crippen molar-refractivity contribution in [3.05, 3.63) is 54.1 Å². The molecule has 25 heavy (non-hydrogen) atoms. The molecule has 0 unspecified atom stereocenters. The third kappa shape index (κ3) is 5.02. The highest BCUT2D eigenvalue weighted by Gasteiger charge is 2.11. The lowest BCUT2D eigenvalue weighted by Gasteiger charge is -2.09. The molecule has 0 saturated carbocycles. The summed E-state index contributed by atoms with van der Waals surface area (Å²) in [5.41, 5.74) is 1.79. The number of oxazole rings is 1. The Bertz CT molecular complexity index is 815. The first-order valence-corrected chi connectivity index (χ1v) is 7.47. The number of aliphatic imine (C=N–C) groups is 1. The van der Waals surface area contributed by atoms with Crippen molar-refractivity contribution in [1.82, 2.24) is 25.8 Å². The van der Waals surface area contributed by atoms with Crippen molar-refractivity contribution in [2.24, 2.45) is 4.99 Å². The van der Waals surface area contributed by atoms with Gasteiger partial charge in [-0.05, 0) is 6.92 Å². The van der Waals surface area contributed by atoms with Crippen LogP contribution < -0.4 is 10.6 Å². The van der Waals surface area contributed by atoms with Gasteiger partial charge in [-0.1, -0.05) is 35.5 Å². The van der Waals surface area contributed by atoms with Crippen LogP contribution in [0, 0.1) is 6.92 Å². The van der Waals surface area contributed by atoms with E-state index in [0.29, 0.717) is 30.8 Å². The molecule has 8 nitrogen and oxygen atoms in total. The van der Waals surface area contributed by atoms with Crippen LogP contribution in [-0.4, -0.2) is 28.1 Å². The predicted octanol–water partition coefficient (Wildman–Crippen LogP) is 2.52. The van der Waals surface area contributed by atoms with E-state index in [2.05, 4.69) is 30.8 Å². The van der Waals surface area contributed by atoms with Crippen LogP contribution in [0.1, 0.15) is 17.4 Å². The van der Waals surface area contributed by atoms with Crippen LogP contribution in [0.25, 0.3) is 11.3 Å². The van der Waals surface area contributed by atoms with Crippen molar-refractivity contribution in [3.8, 4) is 11.3 Å². The number of aromatic nitrogens is 3. The van der Waals surface area contributed by atoms with E-state index in [1.165, 1.54) is 6.39 Å². The minimum absolute atomic E-state index is 0. The molecule has 1 aromatic carbocycles. The molecule has 3 rings (SSSR count). The Kier molecular flexibility index (Phi) is 6.92. The van der Waals surface area contributed by atoms with Gasteiger partial charge in [0, 0.05) is 12.6 Å². The molecule has 0 atom stereocenters.